The van der Waals surface area contributed by atoms with Gasteiger partial charge < -0.3 is 15.4 Å². The summed E-state index contributed by atoms with van der Waals surface area (Å²) in [6.07, 6.45) is 7.88. The van der Waals surface area contributed by atoms with Gasteiger partial charge in [-0.3, -0.25) is 4.79 Å². The van der Waals surface area contributed by atoms with Gasteiger partial charge in [-0.1, -0.05) is 12.8 Å². The van der Waals surface area contributed by atoms with Crippen molar-refractivity contribution in [1.82, 2.24) is 4.90 Å². The molecule has 1 saturated heterocycles. The van der Waals surface area contributed by atoms with Crippen LogP contribution in [0, 0.1) is 17.8 Å². The SMILES string of the molecule is COCC1CCN(C(=O)C2CCCC(CCN)C2)CC1. The Labute approximate surface area is 123 Å². The van der Waals surface area contributed by atoms with E-state index in [2.05, 4.69) is 4.90 Å². The Kier molecular flexibility index (Phi) is 6.30. The Balaban J connectivity index is 1.79. The number of carbonyl (C=O) groups excluding carboxylic acids is 1. The number of piperidine rings is 1. The molecule has 4 heteroatoms. The summed E-state index contributed by atoms with van der Waals surface area (Å²) in [5.74, 6) is 1.98. The average Bonchev–Trinajstić information content (AvgIpc) is 2.48. The highest BCUT2D eigenvalue weighted by Gasteiger charge is 2.31. The fourth-order valence-corrected chi connectivity index (χ4v) is 3.83. The van der Waals surface area contributed by atoms with Crippen LogP contribution in [-0.2, 0) is 9.53 Å². The van der Waals surface area contributed by atoms with Gasteiger partial charge in [0.25, 0.3) is 0 Å². The van der Waals surface area contributed by atoms with E-state index in [0.29, 0.717) is 17.7 Å². The lowest BCUT2D eigenvalue weighted by Gasteiger charge is -2.36. The third-order valence-corrected chi connectivity index (χ3v) is 5.04. The van der Waals surface area contributed by atoms with Crippen LogP contribution in [0.25, 0.3) is 0 Å². The molecule has 2 rings (SSSR count). The van der Waals surface area contributed by atoms with Crippen LogP contribution in [-0.4, -0.2) is 44.2 Å². The number of methoxy groups -OCH3 is 1. The van der Waals surface area contributed by atoms with Crippen molar-refractivity contribution < 1.29 is 9.53 Å². The number of nitrogens with zero attached hydrogens (tertiary/aromatic N) is 1. The van der Waals surface area contributed by atoms with E-state index in [0.717, 1.165) is 58.3 Å². The topological polar surface area (TPSA) is 55.6 Å². The van der Waals surface area contributed by atoms with Crippen LogP contribution >= 0.6 is 0 Å². The van der Waals surface area contributed by atoms with Gasteiger partial charge in [0.05, 0.1) is 0 Å². The molecule has 0 aromatic carbocycles. The van der Waals surface area contributed by atoms with Gasteiger partial charge in [0.2, 0.25) is 5.91 Å². The predicted molar refractivity (Wildman–Crippen MR) is 80.3 cm³/mol. The molecule has 1 saturated carbocycles. The molecule has 2 atom stereocenters. The molecule has 2 N–H and O–H groups in total. The maximum Gasteiger partial charge on any atom is 0.225 e. The van der Waals surface area contributed by atoms with Crippen molar-refractivity contribution in [3.63, 3.8) is 0 Å². The van der Waals surface area contributed by atoms with E-state index in [9.17, 15) is 4.79 Å². The molecule has 2 aliphatic rings. The molecule has 4 nitrogen and oxygen atoms in total. The van der Waals surface area contributed by atoms with Gasteiger partial charge in [0.1, 0.15) is 0 Å². The average molecular weight is 282 g/mol. The quantitative estimate of drug-likeness (QED) is 0.839. The molecule has 20 heavy (non-hydrogen) atoms. The van der Waals surface area contributed by atoms with E-state index in [1.807, 2.05) is 0 Å². The molecule has 1 aliphatic heterocycles. The van der Waals surface area contributed by atoms with E-state index in [-0.39, 0.29) is 5.92 Å². The van der Waals surface area contributed by atoms with Gasteiger partial charge in [0.15, 0.2) is 0 Å². The van der Waals surface area contributed by atoms with Crippen molar-refractivity contribution in [2.45, 2.75) is 44.9 Å². The van der Waals surface area contributed by atoms with Crippen LogP contribution in [0.4, 0.5) is 0 Å². The highest BCUT2D eigenvalue weighted by molar-refractivity contribution is 5.79. The van der Waals surface area contributed by atoms with Crippen molar-refractivity contribution >= 4 is 5.91 Å². The number of carbonyl (C=O) groups is 1. The first-order valence-electron chi connectivity index (χ1n) is 8.22. The second kappa shape index (κ2) is 7.99. The molecular weight excluding hydrogens is 252 g/mol. The number of rotatable bonds is 5. The minimum Gasteiger partial charge on any atom is -0.384 e. The highest BCUT2D eigenvalue weighted by atomic mass is 16.5. The number of hydrogen-bond donors (Lipinski definition) is 1. The van der Waals surface area contributed by atoms with Crippen LogP contribution in [0.5, 0.6) is 0 Å². The Bertz CT molecular complexity index is 299. The maximum atomic E-state index is 12.6. The first-order chi connectivity index (χ1) is 9.74. The Morgan fingerprint density at radius 2 is 1.95 bits per heavy atom. The maximum absolute atomic E-state index is 12.6. The van der Waals surface area contributed by atoms with E-state index in [4.69, 9.17) is 10.5 Å². The van der Waals surface area contributed by atoms with Crippen molar-refractivity contribution in [2.24, 2.45) is 23.5 Å². The van der Waals surface area contributed by atoms with Crippen LogP contribution < -0.4 is 5.73 Å². The third-order valence-electron chi connectivity index (χ3n) is 5.04. The van der Waals surface area contributed by atoms with E-state index < -0.39 is 0 Å². The molecular formula is C16H30N2O2. The van der Waals surface area contributed by atoms with Crippen LogP contribution in [0.2, 0.25) is 0 Å². The smallest absolute Gasteiger partial charge is 0.225 e. The fraction of sp³-hybridized carbons (Fsp3) is 0.938. The van der Waals surface area contributed by atoms with Crippen molar-refractivity contribution in [3.05, 3.63) is 0 Å². The molecule has 1 amide bonds. The number of nitrogens with two attached hydrogens (primary N) is 1. The fourth-order valence-electron chi connectivity index (χ4n) is 3.83. The van der Waals surface area contributed by atoms with Crippen molar-refractivity contribution in [2.75, 3.05) is 33.4 Å². The zero-order valence-electron chi connectivity index (χ0n) is 12.9. The summed E-state index contributed by atoms with van der Waals surface area (Å²) in [6.45, 7) is 3.44. The standard InChI is InChI=1S/C16H30N2O2/c1-20-12-14-6-9-18(10-7-14)16(19)15-4-2-3-13(11-15)5-8-17/h13-15H,2-12,17H2,1H3. The van der Waals surface area contributed by atoms with Gasteiger partial charge in [-0.05, 0) is 50.5 Å². The van der Waals surface area contributed by atoms with Crippen molar-refractivity contribution in [3.8, 4) is 0 Å². The number of hydrogen-bond acceptors (Lipinski definition) is 3. The molecule has 2 unspecified atom stereocenters. The normalized spacial score (nSPS) is 28.6. The monoisotopic (exact) mass is 282 g/mol. The van der Waals surface area contributed by atoms with Crippen LogP contribution in [0.3, 0.4) is 0 Å². The summed E-state index contributed by atoms with van der Waals surface area (Å²) < 4.78 is 5.22. The Morgan fingerprint density at radius 3 is 2.60 bits per heavy atom. The largest absolute Gasteiger partial charge is 0.384 e. The highest BCUT2D eigenvalue weighted by Crippen LogP contribution is 2.32. The van der Waals surface area contributed by atoms with Gasteiger partial charge in [-0.25, -0.2) is 0 Å². The lowest BCUT2D eigenvalue weighted by molar-refractivity contribution is -0.138. The zero-order chi connectivity index (χ0) is 14.4. The lowest BCUT2D eigenvalue weighted by atomic mass is 9.79. The predicted octanol–water partition coefficient (Wildman–Crippen LogP) is 2.03. The molecule has 0 aromatic rings. The van der Waals surface area contributed by atoms with Gasteiger partial charge in [-0.15, -0.1) is 0 Å². The summed E-state index contributed by atoms with van der Waals surface area (Å²) in [7, 11) is 1.76. The Hall–Kier alpha value is -0.610. The molecule has 1 aliphatic carbocycles. The first kappa shape index (κ1) is 15.8. The minimum atomic E-state index is 0.263. The lowest BCUT2D eigenvalue weighted by Crippen LogP contribution is -2.43. The van der Waals surface area contributed by atoms with Gasteiger partial charge in [0, 0.05) is 32.7 Å². The van der Waals surface area contributed by atoms with Crippen molar-refractivity contribution in [1.29, 1.82) is 0 Å². The minimum absolute atomic E-state index is 0.263. The number of amides is 1. The molecule has 1 heterocycles. The van der Waals surface area contributed by atoms with Gasteiger partial charge in [-0.2, -0.15) is 0 Å². The number of likely N-dealkylation sites (tertiary alicyclic amines) is 1. The molecule has 0 radical (unpaired) electrons. The van der Waals surface area contributed by atoms with Crippen LogP contribution in [0.1, 0.15) is 44.9 Å². The van der Waals surface area contributed by atoms with E-state index in [1.54, 1.807) is 7.11 Å². The second-order valence-corrected chi connectivity index (χ2v) is 6.53. The summed E-state index contributed by atoms with van der Waals surface area (Å²) in [4.78, 5) is 14.7. The van der Waals surface area contributed by atoms with Gasteiger partial charge >= 0.3 is 0 Å². The summed E-state index contributed by atoms with van der Waals surface area (Å²) in [6, 6.07) is 0. The second-order valence-electron chi connectivity index (χ2n) is 6.53. The molecule has 0 spiro atoms. The molecule has 0 aromatic heterocycles. The zero-order valence-corrected chi connectivity index (χ0v) is 12.9. The van der Waals surface area contributed by atoms with E-state index in [1.165, 1.54) is 12.8 Å². The first-order valence-corrected chi connectivity index (χ1v) is 8.22. The summed E-state index contributed by atoms with van der Waals surface area (Å²) in [5.41, 5.74) is 5.66. The third kappa shape index (κ3) is 4.19. The summed E-state index contributed by atoms with van der Waals surface area (Å²) in [5, 5.41) is 0. The van der Waals surface area contributed by atoms with Crippen LogP contribution in [0.15, 0.2) is 0 Å². The molecule has 116 valence electrons. The van der Waals surface area contributed by atoms with E-state index >= 15 is 0 Å². The number of ether oxygens (including phenoxy) is 1. The molecule has 2 fully saturated rings. The molecule has 0 bridgehead atoms. The summed E-state index contributed by atoms with van der Waals surface area (Å²) >= 11 is 0. The Morgan fingerprint density at radius 1 is 1.20 bits per heavy atom.